The Morgan fingerprint density at radius 3 is 2.14 bits per heavy atom. The molecule has 14 heavy (non-hydrogen) atoms. The molecule has 0 aromatic carbocycles. The number of ether oxygens (including phenoxy) is 1. The van der Waals surface area contributed by atoms with Crippen molar-refractivity contribution in [3.63, 3.8) is 0 Å². The van der Waals surface area contributed by atoms with Gasteiger partial charge in [0.25, 0.3) is 0 Å². The van der Waals surface area contributed by atoms with E-state index in [1.54, 1.807) is 7.11 Å². The summed E-state index contributed by atoms with van der Waals surface area (Å²) >= 11 is 0. The van der Waals surface area contributed by atoms with Gasteiger partial charge in [-0.25, -0.2) is 0 Å². The molecular formula is C12H21NO. The van der Waals surface area contributed by atoms with Crippen molar-refractivity contribution in [1.82, 2.24) is 0 Å². The van der Waals surface area contributed by atoms with Crippen LogP contribution in [0, 0.1) is 0 Å². The Morgan fingerprint density at radius 1 is 1.21 bits per heavy atom. The highest BCUT2D eigenvalue weighted by Gasteiger charge is 2.02. The standard InChI is InChI=1S/C12H21NO/c1-7-8-12(14-6)10(4)11(5)13-9(2)3/h8H,7H2,1-6H3/b11-10-,12-8-. The molecule has 0 N–H and O–H groups in total. The number of hydrogen-bond donors (Lipinski definition) is 0. The molecule has 0 aromatic rings. The van der Waals surface area contributed by atoms with Crippen LogP contribution < -0.4 is 0 Å². The molecule has 2 heteroatoms. The molecule has 0 saturated heterocycles. The van der Waals surface area contributed by atoms with Crippen LogP contribution in [0.25, 0.3) is 0 Å². The van der Waals surface area contributed by atoms with Gasteiger partial charge in [-0.2, -0.15) is 0 Å². The van der Waals surface area contributed by atoms with E-state index in [1.165, 1.54) is 0 Å². The van der Waals surface area contributed by atoms with Gasteiger partial charge < -0.3 is 4.74 Å². The number of rotatable bonds is 4. The van der Waals surface area contributed by atoms with Gasteiger partial charge in [0.1, 0.15) is 5.76 Å². The Bertz CT molecular complexity index is 268. The minimum Gasteiger partial charge on any atom is -0.497 e. The topological polar surface area (TPSA) is 21.6 Å². The van der Waals surface area contributed by atoms with Crippen LogP contribution in [0.1, 0.15) is 41.0 Å². The molecular weight excluding hydrogens is 174 g/mol. The quantitative estimate of drug-likeness (QED) is 0.381. The number of allylic oxidation sites excluding steroid dienone is 3. The fraction of sp³-hybridized carbons (Fsp3) is 0.583. The van der Waals surface area contributed by atoms with Crippen molar-refractivity contribution in [3.8, 4) is 0 Å². The molecule has 0 atom stereocenters. The number of nitrogens with zero attached hydrogens (tertiary/aromatic N) is 1. The molecule has 80 valence electrons. The molecule has 0 aliphatic rings. The second-order valence-electron chi connectivity index (χ2n) is 3.45. The first-order valence-corrected chi connectivity index (χ1v) is 4.96. The fourth-order valence-corrected chi connectivity index (χ4v) is 1.17. The van der Waals surface area contributed by atoms with E-state index in [9.17, 15) is 0 Å². The Hall–Kier alpha value is -1.05. The fourth-order valence-electron chi connectivity index (χ4n) is 1.17. The summed E-state index contributed by atoms with van der Waals surface area (Å²) in [5.41, 5.74) is 3.19. The van der Waals surface area contributed by atoms with Crippen LogP contribution >= 0.6 is 0 Å². The molecule has 0 aromatic heterocycles. The summed E-state index contributed by atoms with van der Waals surface area (Å²) in [6.07, 6.45) is 3.04. The molecule has 0 heterocycles. The third-order valence-electron chi connectivity index (χ3n) is 1.91. The van der Waals surface area contributed by atoms with Crippen LogP contribution in [0.5, 0.6) is 0 Å². The highest BCUT2D eigenvalue weighted by Crippen LogP contribution is 2.16. The molecule has 0 aliphatic heterocycles. The maximum absolute atomic E-state index is 5.29. The van der Waals surface area contributed by atoms with E-state index in [2.05, 4.69) is 18.0 Å². The molecule has 0 unspecified atom stereocenters. The summed E-state index contributed by atoms with van der Waals surface area (Å²) in [4.78, 5) is 4.40. The van der Waals surface area contributed by atoms with Gasteiger partial charge in [0.15, 0.2) is 0 Å². The van der Waals surface area contributed by atoms with Gasteiger partial charge in [-0.05, 0) is 40.2 Å². The van der Waals surface area contributed by atoms with Gasteiger partial charge >= 0.3 is 0 Å². The van der Waals surface area contributed by atoms with Crippen molar-refractivity contribution in [2.75, 3.05) is 7.11 Å². The molecule has 0 amide bonds. The summed E-state index contributed by atoms with van der Waals surface area (Å²) in [5, 5.41) is 0. The summed E-state index contributed by atoms with van der Waals surface area (Å²) in [6, 6.07) is 0. The third-order valence-corrected chi connectivity index (χ3v) is 1.91. The first-order valence-electron chi connectivity index (χ1n) is 4.96. The zero-order valence-electron chi connectivity index (χ0n) is 10.1. The average molecular weight is 195 g/mol. The van der Waals surface area contributed by atoms with E-state index < -0.39 is 0 Å². The molecule has 0 aliphatic carbocycles. The summed E-state index contributed by atoms with van der Waals surface area (Å²) < 4.78 is 5.29. The van der Waals surface area contributed by atoms with Crippen molar-refractivity contribution >= 4 is 5.71 Å². The Kier molecular flexibility index (Phi) is 5.93. The average Bonchev–Trinajstić information content (AvgIpc) is 2.12. The zero-order chi connectivity index (χ0) is 11.1. The normalized spacial score (nSPS) is 13.4. The van der Waals surface area contributed by atoms with Gasteiger partial charge in [-0.3, -0.25) is 4.99 Å². The van der Waals surface area contributed by atoms with Crippen LogP contribution in [0.4, 0.5) is 0 Å². The number of methoxy groups -OCH3 is 1. The van der Waals surface area contributed by atoms with Gasteiger partial charge in [-0.1, -0.05) is 6.92 Å². The van der Waals surface area contributed by atoms with Gasteiger partial charge in [0.05, 0.1) is 7.11 Å². The highest BCUT2D eigenvalue weighted by molar-refractivity contribution is 5.80. The SMILES string of the molecule is CC/C=C(OC)/C(C)=C(/C)N=C(C)C. The first kappa shape index (κ1) is 12.9. The second-order valence-corrected chi connectivity index (χ2v) is 3.45. The molecule has 0 saturated carbocycles. The Morgan fingerprint density at radius 2 is 1.79 bits per heavy atom. The zero-order valence-corrected chi connectivity index (χ0v) is 10.1. The number of aliphatic imine (C=N–C) groups is 1. The van der Waals surface area contributed by atoms with E-state index >= 15 is 0 Å². The Labute approximate surface area is 87.4 Å². The maximum atomic E-state index is 5.29. The van der Waals surface area contributed by atoms with E-state index in [-0.39, 0.29) is 0 Å². The van der Waals surface area contributed by atoms with E-state index in [0.717, 1.165) is 29.2 Å². The molecule has 0 rings (SSSR count). The van der Waals surface area contributed by atoms with Crippen LogP contribution in [0.15, 0.2) is 28.1 Å². The van der Waals surface area contributed by atoms with E-state index in [1.807, 2.05) is 27.7 Å². The van der Waals surface area contributed by atoms with Crippen molar-refractivity contribution in [1.29, 1.82) is 0 Å². The largest absolute Gasteiger partial charge is 0.497 e. The minimum atomic E-state index is 0.926. The molecule has 0 bridgehead atoms. The summed E-state index contributed by atoms with van der Waals surface area (Å²) in [5.74, 6) is 0.926. The molecule has 0 spiro atoms. The predicted octanol–water partition coefficient (Wildman–Crippen LogP) is 3.70. The van der Waals surface area contributed by atoms with Crippen molar-refractivity contribution in [2.45, 2.75) is 41.0 Å². The Balaban J connectivity index is 4.96. The molecule has 2 nitrogen and oxygen atoms in total. The summed E-state index contributed by atoms with van der Waals surface area (Å²) in [6.45, 7) is 10.1. The second kappa shape index (κ2) is 6.41. The van der Waals surface area contributed by atoms with E-state index in [0.29, 0.717) is 0 Å². The molecule has 0 radical (unpaired) electrons. The maximum Gasteiger partial charge on any atom is 0.119 e. The van der Waals surface area contributed by atoms with Crippen molar-refractivity contribution in [2.24, 2.45) is 4.99 Å². The van der Waals surface area contributed by atoms with Gasteiger partial charge in [0, 0.05) is 17.0 Å². The first-order chi connectivity index (χ1) is 6.52. The van der Waals surface area contributed by atoms with Crippen molar-refractivity contribution in [3.05, 3.63) is 23.1 Å². The highest BCUT2D eigenvalue weighted by atomic mass is 16.5. The third kappa shape index (κ3) is 4.26. The van der Waals surface area contributed by atoms with Crippen LogP contribution in [0.3, 0.4) is 0 Å². The smallest absolute Gasteiger partial charge is 0.119 e. The van der Waals surface area contributed by atoms with Crippen molar-refractivity contribution < 1.29 is 4.74 Å². The van der Waals surface area contributed by atoms with Gasteiger partial charge in [-0.15, -0.1) is 0 Å². The van der Waals surface area contributed by atoms with E-state index in [4.69, 9.17) is 4.74 Å². The van der Waals surface area contributed by atoms with Crippen LogP contribution in [-0.2, 0) is 4.74 Å². The minimum absolute atomic E-state index is 0.926. The predicted molar refractivity (Wildman–Crippen MR) is 62.5 cm³/mol. The number of hydrogen-bond acceptors (Lipinski definition) is 2. The lowest BCUT2D eigenvalue weighted by Gasteiger charge is -2.08. The lowest BCUT2D eigenvalue weighted by Crippen LogP contribution is -1.93. The molecule has 0 fully saturated rings. The lowest BCUT2D eigenvalue weighted by molar-refractivity contribution is 0.298. The van der Waals surface area contributed by atoms with Gasteiger partial charge in [0.2, 0.25) is 0 Å². The van der Waals surface area contributed by atoms with Crippen LogP contribution in [-0.4, -0.2) is 12.8 Å². The lowest BCUT2D eigenvalue weighted by atomic mass is 10.2. The van der Waals surface area contributed by atoms with Crippen LogP contribution in [0.2, 0.25) is 0 Å². The summed E-state index contributed by atoms with van der Waals surface area (Å²) in [7, 11) is 1.70. The monoisotopic (exact) mass is 195 g/mol.